The van der Waals surface area contributed by atoms with Gasteiger partial charge in [0.05, 0.1) is 12.7 Å². The van der Waals surface area contributed by atoms with Crippen molar-refractivity contribution in [2.45, 2.75) is 25.6 Å². The molecule has 0 saturated carbocycles. The maximum atomic E-state index is 11.1. The molecule has 0 radical (unpaired) electrons. The van der Waals surface area contributed by atoms with Crippen LogP contribution in [0.4, 0.5) is 0 Å². The van der Waals surface area contributed by atoms with E-state index in [1.807, 2.05) is 68.4 Å². The van der Waals surface area contributed by atoms with E-state index in [0.717, 1.165) is 16.9 Å². The molecule has 0 bridgehead atoms. The third-order valence-electron chi connectivity index (χ3n) is 3.31. The fraction of sp³-hybridized carbons (Fsp3) is 0.333. The quantitative estimate of drug-likeness (QED) is 0.885. The molecular formula is C18H22O3. The first-order chi connectivity index (χ1) is 10.1. The smallest absolute Gasteiger partial charge is 0.138 e. The van der Waals surface area contributed by atoms with E-state index in [1.165, 1.54) is 0 Å². The van der Waals surface area contributed by atoms with Crippen LogP contribution in [0.15, 0.2) is 54.6 Å². The molecule has 0 aromatic heterocycles. The molecule has 2 aromatic rings. The van der Waals surface area contributed by atoms with Crippen LogP contribution >= 0.6 is 0 Å². The molecule has 0 heterocycles. The van der Waals surface area contributed by atoms with E-state index in [2.05, 4.69) is 0 Å². The van der Waals surface area contributed by atoms with Crippen molar-refractivity contribution < 1.29 is 14.6 Å². The van der Waals surface area contributed by atoms with Crippen LogP contribution in [-0.2, 0) is 10.3 Å². The van der Waals surface area contributed by atoms with Crippen molar-refractivity contribution in [2.75, 3.05) is 13.7 Å². The minimum Gasteiger partial charge on any atom is -0.491 e. The zero-order valence-corrected chi connectivity index (χ0v) is 12.7. The molecule has 3 heteroatoms. The number of rotatable bonds is 6. The van der Waals surface area contributed by atoms with Gasteiger partial charge < -0.3 is 14.6 Å². The molecule has 1 unspecified atom stereocenters. The molecule has 1 atom stereocenters. The summed E-state index contributed by atoms with van der Waals surface area (Å²) >= 11 is 0. The lowest BCUT2D eigenvalue weighted by atomic mass is 9.87. The number of methoxy groups -OCH3 is 1. The molecule has 0 aliphatic heterocycles. The number of hydrogen-bond acceptors (Lipinski definition) is 3. The lowest BCUT2D eigenvalue weighted by Gasteiger charge is -2.28. The van der Waals surface area contributed by atoms with Crippen LogP contribution in [0.5, 0.6) is 5.75 Å². The second-order valence-electron chi connectivity index (χ2n) is 5.35. The average molecular weight is 286 g/mol. The molecule has 0 spiro atoms. The van der Waals surface area contributed by atoms with Crippen molar-refractivity contribution in [3.8, 4) is 5.75 Å². The summed E-state index contributed by atoms with van der Waals surface area (Å²) in [6.07, 6.45) is 0.128. The lowest BCUT2D eigenvalue weighted by molar-refractivity contribution is -0.00331. The largest absolute Gasteiger partial charge is 0.491 e. The van der Waals surface area contributed by atoms with Gasteiger partial charge in [0, 0.05) is 7.11 Å². The normalized spacial score (nSPS) is 14.0. The van der Waals surface area contributed by atoms with Gasteiger partial charge in [0.1, 0.15) is 11.4 Å². The van der Waals surface area contributed by atoms with Gasteiger partial charge >= 0.3 is 0 Å². The fourth-order valence-corrected chi connectivity index (χ4v) is 2.34. The third kappa shape index (κ3) is 3.63. The Morgan fingerprint density at radius 1 is 0.952 bits per heavy atom. The Bertz CT molecular complexity index is 548. The highest BCUT2D eigenvalue weighted by Crippen LogP contribution is 2.31. The van der Waals surface area contributed by atoms with Crippen molar-refractivity contribution in [3.63, 3.8) is 0 Å². The highest BCUT2D eigenvalue weighted by Gasteiger charge is 2.31. The first-order valence-electron chi connectivity index (χ1n) is 7.10. The zero-order valence-electron chi connectivity index (χ0n) is 12.7. The third-order valence-corrected chi connectivity index (χ3v) is 3.31. The van der Waals surface area contributed by atoms with Crippen molar-refractivity contribution in [3.05, 3.63) is 65.7 Å². The van der Waals surface area contributed by atoms with Crippen LogP contribution in [0.2, 0.25) is 0 Å². The highest BCUT2D eigenvalue weighted by molar-refractivity contribution is 5.39. The van der Waals surface area contributed by atoms with Gasteiger partial charge in [-0.2, -0.15) is 0 Å². The molecule has 112 valence electrons. The number of aliphatic hydroxyl groups is 1. The average Bonchev–Trinajstić information content (AvgIpc) is 2.48. The summed E-state index contributed by atoms with van der Waals surface area (Å²) in [4.78, 5) is 0. The molecule has 2 rings (SSSR count). The van der Waals surface area contributed by atoms with E-state index in [9.17, 15) is 5.11 Å². The SMILES string of the molecule is COCC(O)(c1ccccc1)c1ccc(OC(C)C)cc1. The van der Waals surface area contributed by atoms with Gasteiger partial charge in [-0.25, -0.2) is 0 Å². The minimum absolute atomic E-state index is 0.128. The van der Waals surface area contributed by atoms with Crippen molar-refractivity contribution >= 4 is 0 Å². The standard InChI is InChI=1S/C18H22O3/c1-14(2)21-17-11-9-16(10-12-17)18(19,13-20-3)15-7-5-4-6-8-15/h4-12,14,19H,13H2,1-3H3. The molecule has 0 fully saturated rings. The molecular weight excluding hydrogens is 264 g/mol. The van der Waals surface area contributed by atoms with Gasteiger partial charge in [0.2, 0.25) is 0 Å². The molecule has 3 nitrogen and oxygen atoms in total. The van der Waals surface area contributed by atoms with E-state index < -0.39 is 5.60 Å². The molecule has 0 amide bonds. The van der Waals surface area contributed by atoms with Gasteiger partial charge in [0.15, 0.2) is 0 Å². The Labute approximate surface area is 126 Å². The van der Waals surface area contributed by atoms with Crippen LogP contribution in [0.3, 0.4) is 0 Å². The van der Waals surface area contributed by atoms with Crippen LogP contribution in [0.25, 0.3) is 0 Å². The van der Waals surface area contributed by atoms with E-state index >= 15 is 0 Å². The molecule has 0 aliphatic rings. The minimum atomic E-state index is -1.16. The van der Waals surface area contributed by atoms with E-state index in [1.54, 1.807) is 7.11 Å². The van der Waals surface area contributed by atoms with Crippen LogP contribution in [0.1, 0.15) is 25.0 Å². The first-order valence-corrected chi connectivity index (χ1v) is 7.10. The van der Waals surface area contributed by atoms with Gasteiger partial charge in [0.25, 0.3) is 0 Å². The summed E-state index contributed by atoms with van der Waals surface area (Å²) in [6.45, 7) is 4.17. The van der Waals surface area contributed by atoms with Crippen LogP contribution in [-0.4, -0.2) is 24.9 Å². The molecule has 0 saturated heterocycles. The Hall–Kier alpha value is -1.84. The predicted molar refractivity (Wildman–Crippen MR) is 83.5 cm³/mol. The lowest BCUT2D eigenvalue weighted by Crippen LogP contribution is -2.32. The summed E-state index contributed by atoms with van der Waals surface area (Å²) in [5, 5.41) is 11.1. The number of ether oxygens (including phenoxy) is 2. The van der Waals surface area contributed by atoms with E-state index in [-0.39, 0.29) is 12.7 Å². The van der Waals surface area contributed by atoms with Crippen LogP contribution in [0, 0.1) is 0 Å². The second kappa shape index (κ2) is 6.74. The number of hydrogen-bond donors (Lipinski definition) is 1. The number of benzene rings is 2. The molecule has 2 aromatic carbocycles. The maximum Gasteiger partial charge on any atom is 0.138 e. The second-order valence-corrected chi connectivity index (χ2v) is 5.35. The van der Waals surface area contributed by atoms with Gasteiger partial charge in [-0.05, 0) is 37.1 Å². The summed E-state index contributed by atoms with van der Waals surface area (Å²) in [7, 11) is 1.59. The fourth-order valence-electron chi connectivity index (χ4n) is 2.34. The highest BCUT2D eigenvalue weighted by atomic mass is 16.5. The molecule has 21 heavy (non-hydrogen) atoms. The van der Waals surface area contributed by atoms with Crippen molar-refractivity contribution in [2.24, 2.45) is 0 Å². The topological polar surface area (TPSA) is 38.7 Å². The Balaban J connectivity index is 2.34. The monoisotopic (exact) mass is 286 g/mol. The van der Waals surface area contributed by atoms with Crippen LogP contribution < -0.4 is 4.74 Å². The maximum absolute atomic E-state index is 11.1. The van der Waals surface area contributed by atoms with Crippen molar-refractivity contribution in [1.29, 1.82) is 0 Å². The Morgan fingerprint density at radius 2 is 1.52 bits per heavy atom. The Morgan fingerprint density at radius 3 is 2.05 bits per heavy atom. The van der Waals surface area contributed by atoms with Crippen molar-refractivity contribution in [1.82, 2.24) is 0 Å². The van der Waals surface area contributed by atoms with Gasteiger partial charge in [-0.3, -0.25) is 0 Å². The summed E-state index contributed by atoms with van der Waals surface area (Å²) in [5.41, 5.74) is 0.433. The van der Waals surface area contributed by atoms with Gasteiger partial charge in [-0.1, -0.05) is 42.5 Å². The summed E-state index contributed by atoms with van der Waals surface area (Å²) in [6, 6.07) is 17.1. The van der Waals surface area contributed by atoms with E-state index in [0.29, 0.717) is 0 Å². The molecule has 0 aliphatic carbocycles. The summed E-state index contributed by atoms with van der Waals surface area (Å²) in [5.74, 6) is 0.793. The van der Waals surface area contributed by atoms with Gasteiger partial charge in [-0.15, -0.1) is 0 Å². The Kier molecular flexibility index (Phi) is 4.99. The first kappa shape index (κ1) is 15.5. The zero-order chi connectivity index (χ0) is 15.3. The predicted octanol–water partition coefficient (Wildman–Crippen LogP) is 3.36. The molecule has 1 N–H and O–H groups in total. The summed E-state index contributed by atoms with van der Waals surface area (Å²) < 4.78 is 10.9. The van der Waals surface area contributed by atoms with E-state index in [4.69, 9.17) is 9.47 Å².